The summed E-state index contributed by atoms with van der Waals surface area (Å²) in [5.74, 6) is 0. The van der Waals surface area contributed by atoms with Crippen molar-refractivity contribution in [2.45, 2.75) is 26.4 Å². The van der Waals surface area contributed by atoms with Gasteiger partial charge in [-0.15, -0.1) is 0 Å². The average Bonchev–Trinajstić information content (AvgIpc) is 2.10. The van der Waals surface area contributed by atoms with Gasteiger partial charge in [-0.3, -0.25) is 0 Å². The molecule has 0 saturated carbocycles. The molecular formula is C10H16OSi. The lowest BCUT2D eigenvalue weighted by Gasteiger charge is -2.16. The highest BCUT2D eigenvalue weighted by Crippen LogP contribution is 2.22. The molecule has 1 unspecified atom stereocenters. The zero-order chi connectivity index (χ0) is 8.97. The first-order valence-electron chi connectivity index (χ1n) is 4.38. The predicted molar refractivity (Wildman–Crippen MR) is 55.2 cm³/mol. The topological polar surface area (TPSA) is 9.23 Å². The lowest BCUT2D eigenvalue weighted by molar-refractivity contribution is 0.221. The van der Waals surface area contributed by atoms with Crippen LogP contribution in [0.1, 0.15) is 30.6 Å². The van der Waals surface area contributed by atoms with Crippen molar-refractivity contribution in [3.05, 3.63) is 35.4 Å². The maximum absolute atomic E-state index is 5.51. The molecule has 0 amide bonds. The molecule has 0 bridgehead atoms. The molecule has 2 heteroatoms. The van der Waals surface area contributed by atoms with Gasteiger partial charge in [0.05, 0.1) is 6.10 Å². The Morgan fingerprint density at radius 2 is 2.08 bits per heavy atom. The van der Waals surface area contributed by atoms with E-state index in [0.29, 0.717) is 6.10 Å². The van der Waals surface area contributed by atoms with Gasteiger partial charge in [0.15, 0.2) is 0 Å². The molecular weight excluding hydrogens is 164 g/mol. The molecule has 0 aliphatic carbocycles. The van der Waals surface area contributed by atoms with E-state index in [9.17, 15) is 0 Å². The number of rotatable bonds is 3. The van der Waals surface area contributed by atoms with Crippen LogP contribution in [0.5, 0.6) is 0 Å². The fourth-order valence-corrected chi connectivity index (χ4v) is 2.05. The monoisotopic (exact) mass is 180 g/mol. The van der Waals surface area contributed by atoms with Crippen LogP contribution >= 0.6 is 0 Å². The van der Waals surface area contributed by atoms with E-state index in [2.05, 4.69) is 38.1 Å². The molecule has 0 saturated heterocycles. The molecule has 0 aliphatic heterocycles. The minimum absolute atomic E-state index is 0.317. The summed E-state index contributed by atoms with van der Waals surface area (Å²) in [6.45, 7) is 4.30. The Morgan fingerprint density at radius 1 is 1.42 bits per heavy atom. The Balaban J connectivity index is 2.92. The molecule has 0 aliphatic rings. The first kappa shape index (κ1) is 9.48. The van der Waals surface area contributed by atoms with Gasteiger partial charge in [0, 0.05) is 0 Å². The Morgan fingerprint density at radius 3 is 2.58 bits per heavy atom. The number of hydrogen-bond donors (Lipinski definition) is 0. The van der Waals surface area contributed by atoms with Crippen LogP contribution in [0.25, 0.3) is 0 Å². The van der Waals surface area contributed by atoms with Crippen molar-refractivity contribution in [1.82, 2.24) is 0 Å². The summed E-state index contributed by atoms with van der Waals surface area (Å²) >= 11 is 0. The third kappa shape index (κ3) is 1.96. The van der Waals surface area contributed by atoms with E-state index in [-0.39, 0.29) is 0 Å². The van der Waals surface area contributed by atoms with Crippen LogP contribution < -0.4 is 0 Å². The van der Waals surface area contributed by atoms with E-state index in [1.54, 1.807) is 0 Å². The SMILES string of the molecule is CCC(O[SiH3])c1ccccc1C. The third-order valence-electron chi connectivity index (χ3n) is 2.19. The molecule has 1 aromatic rings. The normalized spacial score (nSPS) is 13.2. The van der Waals surface area contributed by atoms with Gasteiger partial charge in [0.25, 0.3) is 0 Å². The van der Waals surface area contributed by atoms with Crippen LogP contribution in [0, 0.1) is 6.92 Å². The van der Waals surface area contributed by atoms with Gasteiger partial charge in [-0.05, 0) is 24.5 Å². The van der Waals surface area contributed by atoms with Crippen LogP contribution in [0.4, 0.5) is 0 Å². The van der Waals surface area contributed by atoms with Gasteiger partial charge in [-0.2, -0.15) is 0 Å². The van der Waals surface area contributed by atoms with E-state index < -0.39 is 0 Å². The van der Waals surface area contributed by atoms with E-state index in [0.717, 1.165) is 16.9 Å². The molecule has 12 heavy (non-hydrogen) atoms. The van der Waals surface area contributed by atoms with E-state index in [1.807, 2.05) is 0 Å². The van der Waals surface area contributed by atoms with E-state index in [1.165, 1.54) is 11.1 Å². The summed E-state index contributed by atoms with van der Waals surface area (Å²) in [5, 5.41) is 0. The van der Waals surface area contributed by atoms with Crippen LogP contribution in [0.2, 0.25) is 0 Å². The van der Waals surface area contributed by atoms with Gasteiger partial charge in [0.2, 0.25) is 0 Å². The summed E-state index contributed by atoms with van der Waals surface area (Å²) < 4.78 is 5.51. The van der Waals surface area contributed by atoms with Crippen molar-refractivity contribution >= 4 is 10.5 Å². The first-order chi connectivity index (χ1) is 5.79. The maximum atomic E-state index is 5.51. The molecule has 0 heterocycles. The summed E-state index contributed by atoms with van der Waals surface area (Å²) in [4.78, 5) is 0. The predicted octanol–water partition coefficient (Wildman–Crippen LogP) is 1.74. The lowest BCUT2D eigenvalue weighted by atomic mass is 10.0. The minimum atomic E-state index is 0.317. The number of aryl methyl sites for hydroxylation is 1. The molecule has 66 valence electrons. The maximum Gasteiger partial charge on any atom is 0.146 e. The molecule has 1 rings (SSSR count). The van der Waals surface area contributed by atoms with Crippen molar-refractivity contribution in [2.75, 3.05) is 0 Å². The van der Waals surface area contributed by atoms with Crippen molar-refractivity contribution in [3.63, 3.8) is 0 Å². The van der Waals surface area contributed by atoms with E-state index >= 15 is 0 Å². The molecule has 0 N–H and O–H groups in total. The molecule has 1 nitrogen and oxygen atoms in total. The van der Waals surface area contributed by atoms with Gasteiger partial charge in [-0.25, -0.2) is 0 Å². The van der Waals surface area contributed by atoms with E-state index in [4.69, 9.17) is 4.43 Å². The van der Waals surface area contributed by atoms with Crippen LogP contribution in [-0.2, 0) is 4.43 Å². The van der Waals surface area contributed by atoms with Crippen molar-refractivity contribution in [3.8, 4) is 0 Å². The van der Waals surface area contributed by atoms with Crippen LogP contribution in [0.15, 0.2) is 24.3 Å². The van der Waals surface area contributed by atoms with Gasteiger partial charge in [-0.1, -0.05) is 31.2 Å². The zero-order valence-electron chi connectivity index (χ0n) is 8.00. The summed E-state index contributed by atoms with van der Waals surface area (Å²) in [5.41, 5.74) is 2.68. The second-order valence-corrected chi connectivity index (χ2v) is 3.46. The molecule has 1 aromatic carbocycles. The second kappa shape index (κ2) is 4.43. The molecule has 1 atom stereocenters. The van der Waals surface area contributed by atoms with Gasteiger partial charge in [0.1, 0.15) is 10.5 Å². The summed E-state index contributed by atoms with van der Waals surface area (Å²) in [6, 6.07) is 8.43. The third-order valence-corrected chi connectivity index (χ3v) is 2.76. The summed E-state index contributed by atoms with van der Waals surface area (Å²) in [6.07, 6.45) is 1.38. The van der Waals surface area contributed by atoms with Gasteiger partial charge >= 0.3 is 0 Å². The fraction of sp³-hybridized carbons (Fsp3) is 0.400. The first-order valence-corrected chi connectivity index (χ1v) is 5.19. The van der Waals surface area contributed by atoms with Crippen LogP contribution in [-0.4, -0.2) is 10.5 Å². The molecule has 0 fully saturated rings. The fourth-order valence-electron chi connectivity index (χ4n) is 1.46. The molecule has 0 spiro atoms. The number of benzene rings is 1. The van der Waals surface area contributed by atoms with Crippen LogP contribution in [0.3, 0.4) is 0 Å². The highest BCUT2D eigenvalue weighted by Gasteiger charge is 2.08. The Hall–Kier alpha value is -0.603. The molecule has 0 radical (unpaired) electrons. The number of hydrogen-bond acceptors (Lipinski definition) is 1. The Labute approximate surface area is 77.3 Å². The minimum Gasteiger partial charge on any atom is -0.421 e. The Kier molecular flexibility index (Phi) is 3.50. The molecule has 0 aromatic heterocycles. The Bertz CT molecular complexity index is 243. The van der Waals surface area contributed by atoms with Crippen molar-refractivity contribution in [2.24, 2.45) is 0 Å². The van der Waals surface area contributed by atoms with Gasteiger partial charge < -0.3 is 4.43 Å². The van der Waals surface area contributed by atoms with Crippen molar-refractivity contribution in [1.29, 1.82) is 0 Å². The average molecular weight is 180 g/mol. The lowest BCUT2D eigenvalue weighted by Crippen LogP contribution is -2.02. The highest BCUT2D eigenvalue weighted by atomic mass is 28.2. The van der Waals surface area contributed by atoms with Crippen molar-refractivity contribution < 1.29 is 4.43 Å². The quantitative estimate of drug-likeness (QED) is 0.644. The standard InChI is InChI=1S/C10H16OSi/c1-3-10(11-12)9-7-5-4-6-8(9)2/h4-7,10H,3H2,1-2,12H3. The summed E-state index contributed by atoms with van der Waals surface area (Å²) in [7, 11) is 0.815. The largest absolute Gasteiger partial charge is 0.421 e. The smallest absolute Gasteiger partial charge is 0.146 e. The zero-order valence-corrected chi connectivity index (χ0v) is 10.0. The second-order valence-electron chi connectivity index (χ2n) is 2.99. The highest BCUT2D eigenvalue weighted by molar-refractivity contribution is 5.98.